The van der Waals surface area contributed by atoms with Crippen LogP contribution in [0.3, 0.4) is 0 Å². The molecule has 0 saturated heterocycles. The Bertz CT molecular complexity index is 407. The Hall–Kier alpha value is -1.75. The number of carbonyl (C=O) groups excluding carboxylic acids is 1. The number of hydrogen-bond acceptors (Lipinski definition) is 4. The molecule has 0 bridgehead atoms. The molecule has 1 rings (SSSR count). The average Bonchev–Trinajstić information content (AvgIpc) is 2.36. The van der Waals surface area contributed by atoms with Crippen LogP contribution in [0.2, 0.25) is 0 Å². The number of nitrogens with one attached hydrogen (secondary N) is 1. The van der Waals surface area contributed by atoms with E-state index in [0.717, 1.165) is 6.42 Å². The molecule has 1 unspecified atom stereocenters. The topological polar surface area (TPSA) is 73.6 Å². The Balaban J connectivity index is 2.74. The van der Waals surface area contributed by atoms with Crippen molar-refractivity contribution < 1.29 is 14.3 Å². The lowest BCUT2D eigenvalue weighted by atomic mass is 10.1. The van der Waals surface area contributed by atoms with Crippen LogP contribution in [-0.4, -0.2) is 32.8 Å². The molecule has 1 aromatic carbocycles. The molecule has 0 heterocycles. The highest BCUT2D eigenvalue weighted by Crippen LogP contribution is 2.21. The summed E-state index contributed by atoms with van der Waals surface area (Å²) in [4.78, 5) is 12.1. The lowest BCUT2D eigenvalue weighted by Gasteiger charge is -2.15. The zero-order chi connectivity index (χ0) is 13.5. The second-order valence-corrected chi connectivity index (χ2v) is 4.12. The molecular formula is C13H20N2O3. The fraction of sp³-hybridized carbons (Fsp3) is 0.462. The lowest BCUT2D eigenvalue weighted by Crippen LogP contribution is -2.33. The number of ether oxygens (including phenoxy) is 2. The Morgan fingerprint density at radius 3 is 2.78 bits per heavy atom. The van der Waals surface area contributed by atoms with E-state index in [1.54, 1.807) is 25.3 Å². The third kappa shape index (κ3) is 3.92. The van der Waals surface area contributed by atoms with Crippen molar-refractivity contribution in [2.75, 3.05) is 26.6 Å². The molecule has 1 amide bonds. The first kappa shape index (κ1) is 14.3. The number of benzene rings is 1. The number of anilines is 1. The van der Waals surface area contributed by atoms with Gasteiger partial charge >= 0.3 is 0 Å². The molecule has 1 aromatic rings. The second-order valence-electron chi connectivity index (χ2n) is 4.12. The molecule has 5 nitrogen and oxygen atoms in total. The van der Waals surface area contributed by atoms with Crippen LogP contribution in [0.1, 0.15) is 23.7 Å². The normalized spacial score (nSPS) is 11.9. The Labute approximate surface area is 107 Å². The van der Waals surface area contributed by atoms with E-state index in [0.29, 0.717) is 23.6 Å². The van der Waals surface area contributed by atoms with Gasteiger partial charge in [-0.05, 0) is 31.5 Å². The minimum atomic E-state index is -0.192. The van der Waals surface area contributed by atoms with E-state index in [9.17, 15) is 4.79 Å². The van der Waals surface area contributed by atoms with Crippen molar-refractivity contribution in [3.05, 3.63) is 23.8 Å². The Kier molecular flexibility index (Phi) is 5.45. The van der Waals surface area contributed by atoms with Crippen molar-refractivity contribution in [3.8, 4) is 5.75 Å². The van der Waals surface area contributed by atoms with Crippen molar-refractivity contribution in [3.63, 3.8) is 0 Å². The van der Waals surface area contributed by atoms with E-state index in [4.69, 9.17) is 15.2 Å². The van der Waals surface area contributed by atoms with E-state index in [1.165, 1.54) is 7.11 Å². The summed E-state index contributed by atoms with van der Waals surface area (Å²) in [5.41, 5.74) is 6.65. The van der Waals surface area contributed by atoms with Crippen LogP contribution in [0.15, 0.2) is 18.2 Å². The van der Waals surface area contributed by atoms with Gasteiger partial charge in [0.2, 0.25) is 0 Å². The highest BCUT2D eigenvalue weighted by Gasteiger charge is 2.14. The number of hydrogen-bond donors (Lipinski definition) is 2. The first-order chi connectivity index (χ1) is 8.58. The first-order valence-corrected chi connectivity index (χ1v) is 5.81. The molecule has 3 N–H and O–H groups in total. The fourth-order valence-corrected chi connectivity index (χ4v) is 1.57. The van der Waals surface area contributed by atoms with Gasteiger partial charge in [0.05, 0.1) is 12.7 Å². The van der Waals surface area contributed by atoms with Gasteiger partial charge in [-0.25, -0.2) is 0 Å². The number of nitrogens with two attached hydrogens (primary N) is 1. The number of methoxy groups -OCH3 is 2. The van der Waals surface area contributed by atoms with E-state index >= 15 is 0 Å². The summed E-state index contributed by atoms with van der Waals surface area (Å²) < 4.78 is 10.1. The highest BCUT2D eigenvalue weighted by molar-refractivity contribution is 5.98. The van der Waals surface area contributed by atoms with Gasteiger partial charge in [-0.15, -0.1) is 0 Å². The van der Waals surface area contributed by atoms with Crippen LogP contribution in [-0.2, 0) is 4.74 Å². The maximum absolute atomic E-state index is 12.1. The second kappa shape index (κ2) is 6.86. The van der Waals surface area contributed by atoms with Crippen LogP contribution < -0.4 is 15.8 Å². The summed E-state index contributed by atoms with van der Waals surface area (Å²) in [5, 5.41) is 2.88. The van der Waals surface area contributed by atoms with Gasteiger partial charge < -0.3 is 20.5 Å². The van der Waals surface area contributed by atoms with Crippen molar-refractivity contribution in [1.29, 1.82) is 0 Å². The quantitative estimate of drug-likeness (QED) is 0.751. The smallest absolute Gasteiger partial charge is 0.255 e. The third-order valence-electron chi connectivity index (χ3n) is 2.60. The largest absolute Gasteiger partial charge is 0.496 e. The number of carbonyl (C=O) groups is 1. The molecule has 1 atom stereocenters. The first-order valence-electron chi connectivity index (χ1n) is 5.81. The van der Waals surface area contributed by atoms with Crippen LogP contribution in [0, 0.1) is 0 Å². The average molecular weight is 252 g/mol. The molecule has 0 spiro atoms. The molecule has 0 fully saturated rings. The predicted molar refractivity (Wildman–Crippen MR) is 70.8 cm³/mol. The third-order valence-corrected chi connectivity index (χ3v) is 2.60. The molecule has 0 aliphatic carbocycles. The molecule has 0 aliphatic heterocycles. The summed E-state index contributed by atoms with van der Waals surface area (Å²) in [7, 11) is 3.16. The summed E-state index contributed by atoms with van der Waals surface area (Å²) in [5.74, 6) is 0.323. The SMILES string of the molecule is COCCC(C)NC(=O)c1cc(N)ccc1OC. The van der Waals surface area contributed by atoms with Gasteiger partial charge in [-0.1, -0.05) is 0 Å². The molecule has 0 aromatic heterocycles. The van der Waals surface area contributed by atoms with Gasteiger partial charge in [0.25, 0.3) is 5.91 Å². The minimum Gasteiger partial charge on any atom is -0.496 e. The summed E-state index contributed by atoms with van der Waals surface area (Å²) in [6, 6.07) is 5.02. The molecule has 100 valence electrons. The molecule has 0 saturated carbocycles. The van der Waals surface area contributed by atoms with Crippen molar-refractivity contribution in [2.24, 2.45) is 0 Å². The number of rotatable bonds is 6. The zero-order valence-corrected chi connectivity index (χ0v) is 11.0. The van der Waals surface area contributed by atoms with Crippen LogP contribution in [0.4, 0.5) is 5.69 Å². The maximum atomic E-state index is 12.1. The molecule has 5 heteroatoms. The molecule has 0 aliphatic rings. The summed E-state index contributed by atoms with van der Waals surface area (Å²) >= 11 is 0. The maximum Gasteiger partial charge on any atom is 0.255 e. The number of amides is 1. The van der Waals surface area contributed by atoms with E-state index < -0.39 is 0 Å². The molecule has 18 heavy (non-hydrogen) atoms. The molecule has 0 radical (unpaired) electrons. The molecular weight excluding hydrogens is 232 g/mol. The van der Waals surface area contributed by atoms with Gasteiger partial charge in [0.15, 0.2) is 0 Å². The van der Waals surface area contributed by atoms with Gasteiger partial charge in [-0.2, -0.15) is 0 Å². The standard InChI is InChI=1S/C13H20N2O3/c1-9(6-7-17-2)15-13(16)11-8-10(14)4-5-12(11)18-3/h4-5,8-9H,6-7,14H2,1-3H3,(H,15,16). The van der Waals surface area contributed by atoms with Crippen molar-refractivity contribution in [1.82, 2.24) is 5.32 Å². The van der Waals surface area contributed by atoms with Gasteiger partial charge in [-0.3, -0.25) is 4.79 Å². The van der Waals surface area contributed by atoms with Crippen LogP contribution in [0.25, 0.3) is 0 Å². The van der Waals surface area contributed by atoms with Crippen LogP contribution in [0.5, 0.6) is 5.75 Å². The Morgan fingerprint density at radius 1 is 1.44 bits per heavy atom. The van der Waals surface area contributed by atoms with Crippen LogP contribution >= 0.6 is 0 Å². The summed E-state index contributed by atoms with van der Waals surface area (Å²) in [6.07, 6.45) is 0.757. The van der Waals surface area contributed by atoms with Crippen molar-refractivity contribution >= 4 is 11.6 Å². The monoisotopic (exact) mass is 252 g/mol. The van der Waals surface area contributed by atoms with Gasteiger partial charge in [0, 0.05) is 25.4 Å². The number of nitrogen functional groups attached to an aromatic ring is 1. The summed E-state index contributed by atoms with van der Waals surface area (Å²) in [6.45, 7) is 2.53. The van der Waals surface area contributed by atoms with E-state index in [2.05, 4.69) is 5.32 Å². The highest BCUT2D eigenvalue weighted by atomic mass is 16.5. The van der Waals surface area contributed by atoms with Gasteiger partial charge in [0.1, 0.15) is 5.75 Å². The zero-order valence-electron chi connectivity index (χ0n) is 11.0. The van der Waals surface area contributed by atoms with Crippen molar-refractivity contribution in [2.45, 2.75) is 19.4 Å². The lowest BCUT2D eigenvalue weighted by molar-refractivity contribution is 0.0926. The van der Waals surface area contributed by atoms with E-state index in [-0.39, 0.29) is 11.9 Å². The fourth-order valence-electron chi connectivity index (χ4n) is 1.57. The predicted octanol–water partition coefficient (Wildman–Crippen LogP) is 1.43. The minimum absolute atomic E-state index is 0.0311. The van der Waals surface area contributed by atoms with E-state index in [1.807, 2.05) is 6.92 Å². The Morgan fingerprint density at radius 2 is 2.17 bits per heavy atom.